The van der Waals surface area contributed by atoms with Gasteiger partial charge in [0.1, 0.15) is 0 Å². The maximum atomic E-state index is 12.5. The standard InChI is InChI=1S/C13H21NO4/c1-2-11-10(5-7-18-11)13(17)14-6-3-4-9(14)8-12(15)16/h9-11H,2-8H2,1H3,(H,15,16). The molecule has 2 heterocycles. The van der Waals surface area contributed by atoms with Crippen LogP contribution in [0.15, 0.2) is 0 Å². The molecule has 2 aliphatic rings. The van der Waals surface area contributed by atoms with Crippen molar-refractivity contribution < 1.29 is 19.4 Å². The fourth-order valence-corrected chi connectivity index (χ4v) is 3.09. The Balaban J connectivity index is 2.01. The molecule has 0 aromatic carbocycles. The van der Waals surface area contributed by atoms with E-state index in [4.69, 9.17) is 9.84 Å². The number of hydrogen-bond acceptors (Lipinski definition) is 3. The molecule has 3 unspecified atom stereocenters. The highest BCUT2D eigenvalue weighted by atomic mass is 16.5. The van der Waals surface area contributed by atoms with Crippen LogP contribution < -0.4 is 0 Å². The number of likely N-dealkylation sites (tertiary alicyclic amines) is 1. The minimum absolute atomic E-state index is 0.0172. The average molecular weight is 255 g/mol. The first-order chi connectivity index (χ1) is 8.63. The molecule has 1 amide bonds. The zero-order chi connectivity index (χ0) is 13.1. The second-order valence-corrected chi connectivity index (χ2v) is 5.14. The summed E-state index contributed by atoms with van der Waals surface area (Å²) >= 11 is 0. The molecule has 2 fully saturated rings. The number of hydrogen-bond donors (Lipinski definition) is 1. The Morgan fingerprint density at radius 2 is 2.17 bits per heavy atom. The van der Waals surface area contributed by atoms with Crippen molar-refractivity contribution in [1.82, 2.24) is 4.90 Å². The predicted molar refractivity (Wildman–Crippen MR) is 65.1 cm³/mol. The molecule has 0 bridgehead atoms. The Hall–Kier alpha value is -1.10. The van der Waals surface area contributed by atoms with E-state index < -0.39 is 5.97 Å². The SMILES string of the molecule is CCC1OCCC1C(=O)N1CCCC1CC(=O)O. The van der Waals surface area contributed by atoms with Gasteiger partial charge in [0.15, 0.2) is 0 Å². The summed E-state index contributed by atoms with van der Waals surface area (Å²) in [6, 6.07) is -0.117. The van der Waals surface area contributed by atoms with Crippen molar-refractivity contribution in [3.63, 3.8) is 0 Å². The van der Waals surface area contributed by atoms with E-state index in [2.05, 4.69) is 0 Å². The number of carboxylic acid groups (broad SMARTS) is 1. The summed E-state index contributed by atoms with van der Waals surface area (Å²) in [7, 11) is 0. The van der Waals surface area contributed by atoms with Crippen molar-refractivity contribution in [1.29, 1.82) is 0 Å². The lowest BCUT2D eigenvalue weighted by Gasteiger charge is -2.28. The Morgan fingerprint density at radius 3 is 2.83 bits per heavy atom. The highest BCUT2D eigenvalue weighted by Crippen LogP contribution is 2.29. The van der Waals surface area contributed by atoms with Gasteiger partial charge < -0.3 is 14.7 Å². The van der Waals surface area contributed by atoms with Crippen molar-refractivity contribution in [3.8, 4) is 0 Å². The highest BCUT2D eigenvalue weighted by molar-refractivity contribution is 5.81. The number of carboxylic acids is 1. The molecule has 5 heteroatoms. The summed E-state index contributed by atoms with van der Waals surface area (Å²) in [5.74, 6) is -0.790. The van der Waals surface area contributed by atoms with Crippen molar-refractivity contribution in [2.24, 2.45) is 5.92 Å². The minimum Gasteiger partial charge on any atom is -0.481 e. The van der Waals surface area contributed by atoms with Crippen LogP contribution in [0.2, 0.25) is 0 Å². The lowest BCUT2D eigenvalue weighted by atomic mass is 9.97. The Bertz CT molecular complexity index is 331. The van der Waals surface area contributed by atoms with Gasteiger partial charge in [-0.1, -0.05) is 6.92 Å². The second kappa shape index (κ2) is 5.69. The van der Waals surface area contributed by atoms with Crippen molar-refractivity contribution in [2.75, 3.05) is 13.2 Å². The van der Waals surface area contributed by atoms with Crippen LogP contribution in [0.4, 0.5) is 0 Å². The first-order valence-electron chi connectivity index (χ1n) is 6.77. The van der Waals surface area contributed by atoms with Gasteiger partial charge in [-0.25, -0.2) is 0 Å². The van der Waals surface area contributed by atoms with Crippen LogP contribution in [0.5, 0.6) is 0 Å². The van der Waals surface area contributed by atoms with E-state index in [9.17, 15) is 9.59 Å². The van der Waals surface area contributed by atoms with Gasteiger partial charge in [-0.3, -0.25) is 9.59 Å². The first kappa shape index (κ1) is 13.3. The van der Waals surface area contributed by atoms with Crippen LogP contribution >= 0.6 is 0 Å². The zero-order valence-electron chi connectivity index (χ0n) is 10.8. The van der Waals surface area contributed by atoms with Crippen molar-refractivity contribution >= 4 is 11.9 Å². The van der Waals surface area contributed by atoms with E-state index in [1.165, 1.54) is 0 Å². The molecule has 5 nitrogen and oxygen atoms in total. The van der Waals surface area contributed by atoms with E-state index in [-0.39, 0.29) is 30.4 Å². The molecular weight excluding hydrogens is 234 g/mol. The summed E-state index contributed by atoms with van der Waals surface area (Å²) in [6.07, 6.45) is 3.41. The number of rotatable bonds is 4. The molecule has 1 N–H and O–H groups in total. The van der Waals surface area contributed by atoms with Crippen LogP contribution in [-0.4, -0.2) is 47.2 Å². The quantitative estimate of drug-likeness (QED) is 0.821. The summed E-state index contributed by atoms with van der Waals surface area (Å²) in [6.45, 7) is 3.37. The highest BCUT2D eigenvalue weighted by Gasteiger charge is 2.39. The maximum Gasteiger partial charge on any atom is 0.305 e. The predicted octanol–water partition coefficient (Wildman–Crippen LogP) is 1.27. The number of aliphatic carboxylic acids is 1. The normalized spacial score (nSPS) is 31.8. The third-order valence-electron chi connectivity index (χ3n) is 4.00. The van der Waals surface area contributed by atoms with Gasteiger partial charge in [-0.05, 0) is 25.7 Å². The number of amides is 1. The third kappa shape index (κ3) is 2.66. The fraction of sp³-hybridized carbons (Fsp3) is 0.846. The van der Waals surface area contributed by atoms with Crippen LogP contribution in [0.25, 0.3) is 0 Å². The van der Waals surface area contributed by atoms with Crippen LogP contribution in [0.1, 0.15) is 39.0 Å². The van der Waals surface area contributed by atoms with Crippen molar-refractivity contribution in [2.45, 2.75) is 51.2 Å². The topological polar surface area (TPSA) is 66.8 Å². The molecule has 18 heavy (non-hydrogen) atoms. The lowest BCUT2D eigenvalue weighted by Crippen LogP contribution is -2.42. The Labute approximate surface area is 107 Å². The van der Waals surface area contributed by atoms with Gasteiger partial charge in [0.25, 0.3) is 0 Å². The van der Waals surface area contributed by atoms with Crippen LogP contribution in [0, 0.1) is 5.92 Å². The lowest BCUT2D eigenvalue weighted by molar-refractivity contribution is -0.142. The zero-order valence-corrected chi connectivity index (χ0v) is 10.8. The first-order valence-corrected chi connectivity index (χ1v) is 6.77. The molecule has 0 spiro atoms. The molecule has 0 aromatic rings. The molecule has 0 saturated carbocycles. The van der Waals surface area contributed by atoms with Gasteiger partial charge in [-0.2, -0.15) is 0 Å². The van der Waals surface area contributed by atoms with Gasteiger partial charge in [0.05, 0.1) is 18.4 Å². The van der Waals surface area contributed by atoms with Gasteiger partial charge >= 0.3 is 5.97 Å². The fourth-order valence-electron chi connectivity index (χ4n) is 3.09. The summed E-state index contributed by atoms with van der Waals surface area (Å²) < 4.78 is 5.55. The average Bonchev–Trinajstić information content (AvgIpc) is 2.95. The monoisotopic (exact) mass is 255 g/mol. The number of ether oxygens (including phenoxy) is 1. The van der Waals surface area contributed by atoms with E-state index in [0.717, 1.165) is 25.7 Å². The molecule has 2 rings (SSSR count). The number of nitrogens with zero attached hydrogens (tertiary/aromatic N) is 1. The molecule has 0 radical (unpaired) electrons. The summed E-state index contributed by atoms with van der Waals surface area (Å²) in [5.41, 5.74) is 0. The van der Waals surface area contributed by atoms with Gasteiger partial charge in [0.2, 0.25) is 5.91 Å². The maximum absolute atomic E-state index is 12.5. The molecule has 102 valence electrons. The molecular formula is C13H21NO4. The number of carbonyl (C=O) groups is 2. The molecule has 3 atom stereocenters. The van der Waals surface area contributed by atoms with Crippen LogP contribution in [0.3, 0.4) is 0 Å². The second-order valence-electron chi connectivity index (χ2n) is 5.14. The molecule has 0 aliphatic carbocycles. The molecule has 2 aliphatic heterocycles. The molecule has 0 aromatic heterocycles. The smallest absolute Gasteiger partial charge is 0.305 e. The van der Waals surface area contributed by atoms with E-state index in [1.54, 1.807) is 4.90 Å². The Kier molecular flexibility index (Phi) is 4.22. The summed E-state index contributed by atoms with van der Waals surface area (Å²) in [4.78, 5) is 25.0. The minimum atomic E-state index is -0.825. The third-order valence-corrected chi connectivity index (χ3v) is 4.00. The summed E-state index contributed by atoms with van der Waals surface area (Å²) in [5, 5.41) is 8.87. The molecule has 2 saturated heterocycles. The van der Waals surface area contributed by atoms with E-state index >= 15 is 0 Å². The Morgan fingerprint density at radius 1 is 1.39 bits per heavy atom. The largest absolute Gasteiger partial charge is 0.481 e. The van der Waals surface area contributed by atoms with Gasteiger partial charge in [-0.15, -0.1) is 0 Å². The number of carbonyl (C=O) groups excluding carboxylic acids is 1. The van der Waals surface area contributed by atoms with E-state index in [0.29, 0.717) is 13.2 Å². The van der Waals surface area contributed by atoms with Crippen LogP contribution in [-0.2, 0) is 14.3 Å². The van der Waals surface area contributed by atoms with Crippen molar-refractivity contribution in [3.05, 3.63) is 0 Å². The van der Waals surface area contributed by atoms with Gasteiger partial charge in [0, 0.05) is 19.2 Å². The van der Waals surface area contributed by atoms with E-state index in [1.807, 2.05) is 6.92 Å².